The van der Waals surface area contributed by atoms with Crippen LogP contribution >= 0.6 is 22.9 Å². The standard InChI is InChI=1S/C24H22ClN7O2S/c1-12(33)29-24-30-17-7-6-15-20(14-5-9-19(26-2)28-11-14)31-32(21(15)22(17)35-24)18-8-4-13(10-16(18)25)23(34)27-3/h4-5,8-11H,6-7H2,1-3H3,(H,26,28)(H,27,34)(H,29,30,33). The van der Waals surface area contributed by atoms with E-state index in [1.165, 1.54) is 18.3 Å². The molecule has 0 aliphatic heterocycles. The summed E-state index contributed by atoms with van der Waals surface area (Å²) in [6, 6.07) is 9.02. The fraction of sp³-hybridized carbons (Fsp3) is 0.208. The van der Waals surface area contributed by atoms with E-state index < -0.39 is 0 Å². The van der Waals surface area contributed by atoms with Crippen molar-refractivity contribution in [3.05, 3.63) is 58.4 Å². The smallest absolute Gasteiger partial charge is 0.251 e. The number of anilines is 2. The van der Waals surface area contributed by atoms with E-state index in [-0.39, 0.29) is 11.8 Å². The number of aryl methyl sites for hydroxylation is 1. The third-order valence-electron chi connectivity index (χ3n) is 5.75. The fourth-order valence-electron chi connectivity index (χ4n) is 4.13. The Morgan fingerprint density at radius 3 is 2.63 bits per heavy atom. The van der Waals surface area contributed by atoms with Crippen molar-refractivity contribution in [1.82, 2.24) is 25.1 Å². The Hall–Kier alpha value is -3.76. The highest BCUT2D eigenvalue weighted by Gasteiger charge is 2.30. The van der Waals surface area contributed by atoms with E-state index in [0.717, 1.165) is 51.7 Å². The SMILES string of the molecule is CNC(=O)c1ccc(-n2nc(-c3ccc(NC)nc3)c3c2-c2sc(NC(C)=O)nc2CC3)c(Cl)c1. The Bertz CT molecular complexity index is 1460. The first-order chi connectivity index (χ1) is 16.9. The Labute approximate surface area is 210 Å². The molecule has 5 rings (SSSR count). The van der Waals surface area contributed by atoms with Crippen LogP contribution in [-0.2, 0) is 17.6 Å². The Kier molecular flexibility index (Phi) is 6.00. The molecular weight excluding hydrogens is 486 g/mol. The predicted octanol–water partition coefficient (Wildman–Crippen LogP) is 4.17. The lowest BCUT2D eigenvalue weighted by Gasteiger charge is -2.15. The number of carbonyl (C=O) groups excluding carboxylic acids is 2. The quantitative estimate of drug-likeness (QED) is 0.373. The van der Waals surface area contributed by atoms with E-state index in [2.05, 4.69) is 25.9 Å². The highest BCUT2D eigenvalue weighted by Crippen LogP contribution is 2.44. The molecule has 4 aromatic rings. The molecule has 0 spiro atoms. The Morgan fingerprint density at radius 1 is 1.14 bits per heavy atom. The van der Waals surface area contributed by atoms with Gasteiger partial charge in [-0.05, 0) is 43.2 Å². The summed E-state index contributed by atoms with van der Waals surface area (Å²) in [6.07, 6.45) is 3.24. The molecule has 0 atom stereocenters. The van der Waals surface area contributed by atoms with Gasteiger partial charge in [-0.1, -0.05) is 22.9 Å². The second-order valence-corrected chi connectivity index (χ2v) is 9.40. The van der Waals surface area contributed by atoms with Crippen LogP contribution in [-0.4, -0.2) is 45.7 Å². The number of hydrogen-bond acceptors (Lipinski definition) is 7. The average molecular weight is 508 g/mol. The summed E-state index contributed by atoms with van der Waals surface area (Å²) in [5, 5.41) is 14.3. The molecule has 0 unspecified atom stereocenters. The van der Waals surface area contributed by atoms with Gasteiger partial charge < -0.3 is 16.0 Å². The summed E-state index contributed by atoms with van der Waals surface area (Å²) in [6.45, 7) is 1.46. The number of nitrogens with zero attached hydrogens (tertiary/aromatic N) is 4. The van der Waals surface area contributed by atoms with Crippen molar-refractivity contribution >= 4 is 45.7 Å². The van der Waals surface area contributed by atoms with Crippen LogP contribution in [0, 0.1) is 0 Å². The maximum Gasteiger partial charge on any atom is 0.251 e. The van der Waals surface area contributed by atoms with Crippen LogP contribution in [0.2, 0.25) is 5.02 Å². The maximum atomic E-state index is 12.1. The van der Waals surface area contributed by atoms with Crippen LogP contribution in [0.5, 0.6) is 0 Å². The monoisotopic (exact) mass is 507 g/mol. The van der Waals surface area contributed by atoms with Crippen molar-refractivity contribution in [2.24, 2.45) is 0 Å². The van der Waals surface area contributed by atoms with Crippen molar-refractivity contribution in [2.75, 3.05) is 24.7 Å². The summed E-state index contributed by atoms with van der Waals surface area (Å²) in [4.78, 5) is 33.8. The molecule has 11 heteroatoms. The molecule has 1 aromatic carbocycles. The topological polar surface area (TPSA) is 114 Å². The number of amides is 2. The van der Waals surface area contributed by atoms with Gasteiger partial charge in [0.2, 0.25) is 5.91 Å². The fourth-order valence-corrected chi connectivity index (χ4v) is 5.50. The van der Waals surface area contributed by atoms with Gasteiger partial charge in [0, 0.05) is 43.9 Å². The third kappa shape index (κ3) is 4.15. The van der Waals surface area contributed by atoms with E-state index in [1.54, 1.807) is 36.1 Å². The van der Waals surface area contributed by atoms with Crippen molar-refractivity contribution in [2.45, 2.75) is 19.8 Å². The number of aromatic nitrogens is 4. The lowest BCUT2D eigenvalue weighted by Crippen LogP contribution is -2.17. The number of nitrogens with one attached hydrogen (secondary N) is 3. The van der Waals surface area contributed by atoms with E-state index >= 15 is 0 Å². The average Bonchev–Trinajstić information content (AvgIpc) is 3.44. The zero-order valence-electron chi connectivity index (χ0n) is 19.3. The first-order valence-electron chi connectivity index (χ1n) is 10.9. The van der Waals surface area contributed by atoms with Gasteiger partial charge in [-0.15, -0.1) is 0 Å². The number of halogens is 1. The molecule has 0 radical (unpaired) electrons. The molecule has 0 saturated carbocycles. The largest absolute Gasteiger partial charge is 0.373 e. The van der Waals surface area contributed by atoms with E-state index in [4.69, 9.17) is 16.7 Å². The zero-order chi connectivity index (χ0) is 24.7. The number of carbonyl (C=O) groups is 2. The van der Waals surface area contributed by atoms with Gasteiger partial charge in [0.1, 0.15) is 5.82 Å². The lowest BCUT2D eigenvalue weighted by atomic mass is 9.95. The third-order valence-corrected chi connectivity index (χ3v) is 7.07. The van der Waals surface area contributed by atoms with Crippen molar-refractivity contribution in [3.63, 3.8) is 0 Å². The molecule has 3 N–H and O–H groups in total. The highest BCUT2D eigenvalue weighted by molar-refractivity contribution is 7.19. The molecule has 35 heavy (non-hydrogen) atoms. The predicted molar refractivity (Wildman–Crippen MR) is 138 cm³/mol. The van der Waals surface area contributed by atoms with Crippen molar-refractivity contribution in [3.8, 4) is 27.5 Å². The Balaban J connectivity index is 1.71. The van der Waals surface area contributed by atoms with Crippen LogP contribution < -0.4 is 16.0 Å². The van der Waals surface area contributed by atoms with Gasteiger partial charge in [0.05, 0.1) is 32.7 Å². The summed E-state index contributed by atoms with van der Waals surface area (Å²) < 4.78 is 1.81. The number of fused-ring (bicyclic) bond motifs is 3. The van der Waals surface area contributed by atoms with Gasteiger partial charge in [-0.2, -0.15) is 5.10 Å². The molecule has 0 saturated heterocycles. The summed E-state index contributed by atoms with van der Waals surface area (Å²) >= 11 is 8.08. The summed E-state index contributed by atoms with van der Waals surface area (Å²) in [5.41, 5.74) is 5.63. The molecular formula is C24H22ClN7O2S. The van der Waals surface area contributed by atoms with Gasteiger partial charge in [0.25, 0.3) is 5.91 Å². The van der Waals surface area contributed by atoms with Gasteiger partial charge >= 0.3 is 0 Å². The van der Waals surface area contributed by atoms with Gasteiger partial charge in [0.15, 0.2) is 5.13 Å². The van der Waals surface area contributed by atoms with Crippen molar-refractivity contribution < 1.29 is 9.59 Å². The summed E-state index contributed by atoms with van der Waals surface area (Å²) in [7, 11) is 3.40. The van der Waals surface area contributed by atoms with Crippen LogP contribution in [0.1, 0.15) is 28.5 Å². The van der Waals surface area contributed by atoms with Crippen molar-refractivity contribution in [1.29, 1.82) is 0 Å². The molecule has 9 nitrogen and oxygen atoms in total. The number of rotatable bonds is 5. The minimum atomic E-state index is -0.220. The van der Waals surface area contributed by atoms with E-state index in [1.807, 2.05) is 19.2 Å². The first kappa shape index (κ1) is 23.0. The Morgan fingerprint density at radius 2 is 1.97 bits per heavy atom. The van der Waals surface area contributed by atoms with E-state index in [9.17, 15) is 9.59 Å². The second kappa shape index (κ2) is 9.12. The number of hydrogen-bond donors (Lipinski definition) is 3. The number of pyridine rings is 1. The van der Waals surface area contributed by atoms with E-state index in [0.29, 0.717) is 21.4 Å². The minimum absolute atomic E-state index is 0.172. The molecule has 1 aliphatic carbocycles. The summed E-state index contributed by atoms with van der Waals surface area (Å²) in [5.74, 6) is 0.371. The van der Waals surface area contributed by atoms with Crippen LogP contribution in [0.3, 0.4) is 0 Å². The molecule has 1 aliphatic rings. The van der Waals surface area contributed by atoms with Crippen LogP contribution in [0.15, 0.2) is 36.5 Å². The second-order valence-electron chi connectivity index (χ2n) is 7.99. The molecule has 0 fully saturated rings. The van der Waals surface area contributed by atoms with Crippen LogP contribution in [0.25, 0.3) is 27.5 Å². The number of thiazole rings is 1. The zero-order valence-corrected chi connectivity index (χ0v) is 20.8. The molecule has 3 aromatic heterocycles. The highest BCUT2D eigenvalue weighted by atomic mass is 35.5. The van der Waals surface area contributed by atoms with Gasteiger partial charge in [-0.25, -0.2) is 14.6 Å². The molecule has 0 bridgehead atoms. The first-order valence-corrected chi connectivity index (χ1v) is 12.1. The minimum Gasteiger partial charge on any atom is -0.373 e. The maximum absolute atomic E-state index is 12.1. The normalized spacial score (nSPS) is 12.0. The molecule has 3 heterocycles. The van der Waals surface area contributed by atoms with Gasteiger partial charge in [-0.3, -0.25) is 9.59 Å². The van der Waals surface area contributed by atoms with Crippen LogP contribution in [0.4, 0.5) is 10.9 Å². The molecule has 178 valence electrons. The lowest BCUT2D eigenvalue weighted by molar-refractivity contribution is -0.114. The number of benzene rings is 1. The molecule has 2 amide bonds.